The first-order valence-electron chi connectivity index (χ1n) is 13.1. The van der Waals surface area contributed by atoms with Crippen LogP contribution >= 0.6 is 11.6 Å². The third kappa shape index (κ3) is 5.49. The number of ether oxygens (including phenoxy) is 2. The Morgan fingerprint density at radius 1 is 1.08 bits per heavy atom. The van der Waals surface area contributed by atoms with Gasteiger partial charge in [0.2, 0.25) is 0 Å². The molecular formula is C31H29ClN4O3. The summed E-state index contributed by atoms with van der Waals surface area (Å²) in [7, 11) is 0. The van der Waals surface area contributed by atoms with E-state index in [9.17, 15) is 4.79 Å². The quantitative estimate of drug-likeness (QED) is 0.220. The molecule has 0 saturated carbocycles. The van der Waals surface area contributed by atoms with Crippen molar-refractivity contribution < 1.29 is 14.3 Å². The van der Waals surface area contributed by atoms with Gasteiger partial charge in [-0.25, -0.2) is 9.78 Å². The molecule has 7 nitrogen and oxygen atoms in total. The lowest BCUT2D eigenvalue weighted by Crippen LogP contribution is -2.40. The molecule has 1 aliphatic heterocycles. The summed E-state index contributed by atoms with van der Waals surface area (Å²) in [4.78, 5) is 22.9. The Hall–Kier alpha value is -4.23. The number of aromatic nitrogens is 3. The first-order chi connectivity index (χ1) is 19.2. The van der Waals surface area contributed by atoms with Crippen LogP contribution in [0.15, 0.2) is 91.5 Å². The summed E-state index contributed by atoms with van der Waals surface area (Å²) in [5, 5.41) is 1.79. The van der Waals surface area contributed by atoms with E-state index < -0.39 is 0 Å². The first-order valence-corrected chi connectivity index (χ1v) is 13.5. The lowest BCUT2D eigenvalue weighted by molar-refractivity contribution is 0.0832. The van der Waals surface area contributed by atoms with Crippen molar-refractivity contribution in [3.63, 3.8) is 0 Å². The van der Waals surface area contributed by atoms with Crippen molar-refractivity contribution in [2.45, 2.75) is 32.0 Å². The Labute approximate surface area is 231 Å². The molecule has 39 heavy (non-hydrogen) atoms. The van der Waals surface area contributed by atoms with Gasteiger partial charge in [0.15, 0.2) is 0 Å². The number of nitrogens with zero attached hydrogens (tertiary/aromatic N) is 3. The number of aryl methyl sites for hydroxylation is 1. The van der Waals surface area contributed by atoms with Crippen LogP contribution in [0.2, 0.25) is 5.02 Å². The number of halogens is 1. The maximum Gasteiger partial charge on any atom is 0.410 e. The van der Waals surface area contributed by atoms with E-state index >= 15 is 0 Å². The molecule has 8 heteroatoms. The average Bonchev–Trinajstić information content (AvgIpc) is 3.62. The number of H-pyrrole nitrogens is 1. The van der Waals surface area contributed by atoms with Gasteiger partial charge in [0.25, 0.3) is 0 Å². The van der Waals surface area contributed by atoms with Crippen LogP contribution in [0.3, 0.4) is 0 Å². The SMILES string of the molecule is O=C(OCc1ccccc1)N1CCc2c([nH]c3ccc(Cl)cc23)C1c1ccc(OCCCn2ccnc2)cc1. The largest absolute Gasteiger partial charge is 0.494 e. The van der Waals surface area contributed by atoms with Gasteiger partial charge in [0.1, 0.15) is 18.4 Å². The van der Waals surface area contributed by atoms with Crippen molar-refractivity contribution in [2.75, 3.05) is 13.2 Å². The molecule has 0 saturated heterocycles. The highest BCUT2D eigenvalue weighted by atomic mass is 35.5. The summed E-state index contributed by atoms with van der Waals surface area (Å²) < 4.78 is 13.8. The lowest BCUT2D eigenvalue weighted by Gasteiger charge is -2.35. The Bertz CT molecular complexity index is 1550. The molecule has 0 fully saturated rings. The fourth-order valence-electron chi connectivity index (χ4n) is 5.21. The van der Waals surface area contributed by atoms with Crippen LogP contribution < -0.4 is 4.74 Å². The maximum atomic E-state index is 13.4. The van der Waals surface area contributed by atoms with Crippen LogP contribution in [0.25, 0.3) is 10.9 Å². The minimum atomic E-state index is -0.342. The normalized spacial score (nSPS) is 14.8. The third-order valence-corrected chi connectivity index (χ3v) is 7.35. The van der Waals surface area contributed by atoms with E-state index in [4.69, 9.17) is 21.1 Å². The average molecular weight is 541 g/mol. The van der Waals surface area contributed by atoms with Crippen molar-refractivity contribution in [1.29, 1.82) is 0 Å². The summed E-state index contributed by atoms with van der Waals surface area (Å²) in [5.74, 6) is 0.794. The van der Waals surface area contributed by atoms with Crippen LogP contribution in [0, 0.1) is 0 Å². The summed E-state index contributed by atoms with van der Waals surface area (Å²) in [6.45, 7) is 2.22. The highest BCUT2D eigenvalue weighted by Crippen LogP contribution is 2.39. The topological polar surface area (TPSA) is 72.4 Å². The second-order valence-corrected chi connectivity index (χ2v) is 10.1. The van der Waals surface area contributed by atoms with E-state index in [1.54, 1.807) is 6.20 Å². The lowest BCUT2D eigenvalue weighted by atomic mass is 9.92. The fourth-order valence-corrected chi connectivity index (χ4v) is 5.38. The number of aromatic amines is 1. The molecule has 1 amide bonds. The first kappa shape index (κ1) is 25.1. The Morgan fingerprint density at radius 2 is 1.92 bits per heavy atom. The summed E-state index contributed by atoms with van der Waals surface area (Å²) in [6, 6.07) is 23.3. The molecule has 0 bridgehead atoms. The van der Waals surface area contributed by atoms with E-state index in [0.29, 0.717) is 24.6 Å². The zero-order valence-corrected chi connectivity index (χ0v) is 22.2. The van der Waals surface area contributed by atoms with Gasteiger partial charge in [0, 0.05) is 47.1 Å². The molecular weight excluding hydrogens is 512 g/mol. The Morgan fingerprint density at radius 3 is 2.72 bits per heavy atom. The highest BCUT2D eigenvalue weighted by molar-refractivity contribution is 6.31. The molecule has 0 spiro atoms. The van der Waals surface area contributed by atoms with Crippen LogP contribution in [-0.2, 0) is 24.3 Å². The monoisotopic (exact) mass is 540 g/mol. The standard InChI is InChI=1S/C31H29ClN4O3/c32-24-9-12-28-27(19-24)26-13-16-36(31(37)39-20-22-5-2-1-3-6-22)30(29(26)34-28)23-7-10-25(11-8-23)38-18-4-15-35-17-14-33-21-35/h1-3,5-12,14,17,19,21,30,34H,4,13,15-16,18,20H2. The molecule has 5 aromatic rings. The Balaban J connectivity index is 1.24. The second kappa shape index (κ2) is 11.3. The summed E-state index contributed by atoms with van der Waals surface area (Å²) in [6.07, 6.45) is 6.78. The number of nitrogens with one attached hydrogen (secondary N) is 1. The molecule has 2 aromatic heterocycles. The van der Waals surface area contributed by atoms with Crippen molar-refractivity contribution >= 4 is 28.6 Å². The van der Waals surface area contributed by atoms with Gasteiger partial charge < -0.3 is 19.0 Å². The van der Waals surface area contributed by atoms with Gasteiger partial charge in [-0.1, -0.05) is 54.1 Å². The number of imidazole rings is 1. The number of amides is 1. The van der Waals surface area contributed by atoms with Gasteiger partial charge >= 0.3 is 6.09 Å². The second-order valence-electron chi connectivity index (χ2n) is 9.66. The van der Waals surface area contributed by atoms with Crippen LogP contribution in [0.4, 0.5) is 4.79 Å². The molecule has 6 rings (SSSR count). The van der Waals surface area contributed by atoms with Crippen molar-refractivity contribution in [1.82, 2.24) is 19.4 Å². The molecule has 0 radical (unpaired) electrons. The summed E-state index contributed by atoms with van der Waals surface area (Å²) >= 11 is 6.33. The Kier molecular flexibility index (Phi) is 7.23. The van der Waals surface area contributed by atoms with Crippen molar-refractivity contribution in [3.05, 3.63) is 119 Å². The van der Waals surface area contributed by atoms with E-state index in [1.165, 1.54) is 5.56 Å². The zero-order chi connectivity index (χ0) is 26.6. The molecule has 0 aliphatic carbocycles. The fraction of sp³-hybridized carbons (Fsp3) is 0.226. The molecule has 3 aromatic carbocycles. The highest BCUT2D eigenvalue weighted by Gasteiger charge is 2.35. The van der Waals surface area contributed by atoms with Crippen LogP contribution in [-0.4, -0.2) is 38.7 Å². The number of rotatable bonds is 8. The number of hydrogen-bond donors (Lipinski definition) is 1. The van der Waals surface area contributed by atoms with Gasteiger partial charge in [-0.15, -0.1) is 0 Å². The molecule has 1 atom stereocenters. The number of hydrogen-bond acceptors (Lipinski definition) is 4. The van der Waals surface area contributed by atoms with Gasteiger partial charge in [-0.2, -0.15) is 0 Å². The van der Waals surface area contributed by atoms with Crippen LogP contribution in [0.5, 0.6) is 5.75 Å². The van der Waals surface area contributed by atoms with Crippen molar-refractivity contribution in [2.24, 2.45) is 0 Å². The summed E-state index contributed by atoms with van der Waals surface area (Å²) in [5.41, 5.74) is 5.12. The van der Waals surface area contributed by atoms with Crippen molar-refractivity contribution in [3.8, 4) is 5.75 Å². The minimum Gasteiger partial charge on any atom is -0.494 e. The number of carbonyl (C=O) groups excluding carboxylic acids is 1. The number of carbonyl (C=O) groups is 1. The number of benzene rings is 3. The van der Waals surface area contributed by atoms with E-state index in [-0.39, 0.29) is 18.7 Å². The van der Waals surface area contributed by atoms with E-state index in [1.807, 2.05) is 94.8 Å². The smallest absolute Gasteiger partial charge is 0.410 e. The number of fused-ring (bicyclic) bond motifs is 3. The van der Waals surface area contributed by atoms with Gasteiger partial charge in [-0.3, -0.25) is 4.90 Å². The third-order valence-electron chi connectivity index (χ3n) is 7.11. The molecule has 198 valence electrons. The molecule has 1 aliphatic rings. The maximum absolute atomic E-state index is 13.4. The van der Waals surface area contributed by atoms with Gasteiger partial charge in [-0.05, 0) is 59.9 Å². The van der Waals surface area contributed by atoms with Gasteiger partial charge in [0.05, 0.1) is 12.9 Å². The molecule has 3 heterocycles. The molecule has 1 unspecified atom stereocenters. The zero-order valence-electron chi connectivity index (χ0n) is 21.4. The minimum absolute atomic E-state index is 0.226. The van der Waals surface area contributed by atoms with E-state index in [2.05, 4.69) is 9.97 Å². The predicted molar refractivity (Wildman–Crippen MR) is 151 cm³/mol. The van der Waals surface area contributed by atoms with Crippen LogP contribution in [0.1, 0.15) is 34.8 Å². The molecule has 1 N–H and O–H groups in total. The predicted octanol–water partition coefficient (Wildman–Crippen LogP) is 6.77. The van der Waals surface area contributed by atoms with E-state index in [0.717, 1.165) is 46.4 Å².